The van der Waals surface area contributed by atoms with Crippen LogP contribution in [0.15, 0.2) is 18.2 Å². The summed E-state index contributed by atoms with van der Waals surface area (Å²) in [5.41, 5.74) is 0.310. The predicted molar refractivity (Wildman–Crippen MR) is 68.6 cm³/mol. The number of nitrogens with zero attached hydrogens (tertiary/aromatic N) is 1. The molecule has 1 aromatic rings. The summed E-state index contributed by atoms with van der Waals surface area (Å²) < 4.78 is 13.9. The summed E-state index contributed by atoms with van der Waals surface area (Å²) in [6, 6.07) is 4.24. The van der Waals surface area contributed by atoms with E-state index in [1.54, 1.807) is 0 Å². The molecule has 1 heterocycles. The molecule has 1 aromatic carbocycles. The van der Waals surface area contributed by atoms with Gasteiger partial charge in [-0.15, -0.1) is 0 Å². The third kappa shape index (κ3) is 2.47. The molecular formula is C14H18FNO2. The fourth-order valence-corrected chi connectivity index (χ4v) is 2.57. The van der Waals surface area contributed by atoms with Crippen molar-refractivity contribution in [3.8, 4) is 0 Å². The van der Waals surface area contributed by atoms with Gasteiger partial charge in [-0.2, -0.15) is 0 Å². The van der Waals surface area contributed by atoms with Crippen molar-refractivity contribution < 1.29 is 14.3 Å². The number of carboxylic acid groups (broad SMARTS) is 1. The second-order valence-electron chi connectivity index (χ2n) is 4.78. The van der Waals surface area contributed by atoms with Gasteiger partial charge in [0.15, 0.2) is 0 Å². The molecule has 1 fully saturated rings. The molecule has 0 amide bonds. The summed E-state index contributed by atoms with van der Waals surface area (Å²) in [7, 11) is 0. The predicted octanol–water partition coefficient (Wildman–Crippen LogP) is 3.15. The molecule has 0 aromatic heterocycles. The van der Waals surface area contributed by atoms with Crippen LogP contribution in [0.3, 0.4) is 0 Å². The van der Waals surface area contributed by atoms with Gasteiger partial charge in [-0.05, 0) is 30.9 Å². The highest BCUT2D eigenvalue weighted by atomic mass is 19.1. The standard InChI is InChI=1S/C14H18FNO2/c1-2-10-6-8-16(9-7-10)13-11(14(17)18)4-3-5-12(13)15/h3-5,10H,2,6-9H2,1H3,(H,17,18). The topological polar surface area (TPSA) is 40.5 Å². The minimum Gasteiger partial charge on any atom is -0.478 e. The van der Waals surface area contributed by atoms with Crippen molar-refractivity contribution in [1.82, 2.24) is 0 Å². The van der Waals surface area contributed by atoms with Crippen LogP contribution in [0.4, 0.5) is 10.1 Å². The Balaban J connectivity index is 2.26. The molecule has 1 N–H and O–H groups in total. The first-order valence-corrected chi connectivity index (χ1v) is 6.40. The lowest BCUT2D eigenvalue weighted by molar-refractivity contribution is 0.0697. The first-order chi connectivity index (χ1) is 8.63. The second kappa shape index (κ2) is 5.38. The zero-order chi connectivity index (χ0) is 13.1. The van der Waals surface area contributed by atoms with Crippen LogP contribution in [-0.4, -0.2) is 24.2 Å². The molecule has 3 nitrogen and oxygen atoms in total. The van der Waals surface area contributed by atoms with Crippen molar-refractivity contribution in [3.63, 3.8) is 0 Å². The fraction of sp³-hybridized carbons (Fsp3) is 0.500. The lowest BCUT2D eigenvalue weighted by Crippen LogP contribution is -2.35. The van der Waals surface area contributed by atoms with E-state index in [-0.39, 0.29) is 11.3 Å². The van der Waals surface area contributed by atoms with E-state index in [0.29, 0.717) is 5.92 Å². The van der Waals surface area contributed by atoms with Gasteiger partial charge in [-0.1, -0.05) is 19.4 Å². The van der Waals surface area contributed by atoms with Crippen LogP contribution in [0, 0.1) is 11.7 Å². The molecule has 1 aliphatic heterocycles. The normalized spacial score (nSPS) is 16.9. The number of hydrogen-bond donors (Lipinski definition) is 1. The van der Waals surface area contributed by atoms with Gasteiger partial charge in [0.2, 0.25) is 0 Å². The van der Waals surface area contributed by atoms with Crippen molar-refractivity contribution in [2.24, 2.45) is 5.92 Å². The summed E-state index contributed by atoms with van der Waals surface area (Å²) in [4.78, 5) is 13.0. The quantitative estimate of drug-likeness (QED) is 0.897. The van der Waals surface area contributed by atoms with Gasteiger partial charge in [-0.25, -0.2) is 9.18 Å². The number of carboxylic acids is 1. The maximum Gasteiger partial charge on any atom is 0.337 e. The number of carbonyl (C=O) groups is 1. The number of hydrogen-bond acceptors (Lipinski definition) is 2. The molecule has 0 atom stereocenters. The Kier molecular flexibility index (Phi) is 3.84. The maximum absolute atomic E-state index is 13.9. The third-order valence-electron chi connectivity index (χ3n) is 3.73. The van der Waals surface area contributed by atoms with Gasteiger partial charge in [0.05, 0.1) is 11.3 Å². The molecule has 1 saturated heterocycles. The Bertz CT molecular complexity index is 439. The van der Waals surface area contributed by atoms with E-state index in [1.165, 1.54) is 18.2 Å². The van der Waals surface area contributed by atoms with Crippen LogP contribution >= 0.6 is 0 Å². The van der Waals surface area contributed by atoms with E-state index in [2.05, 4.69) is 6.92 Å². The van der Waals surface area contributed by atoms with Crippen molar-refractivity contribution in [3.05, 3.63) is 29.6 Å². The van der Waals surface area contributed by atoms with Gasteiger partial charge < -0.3 is 10.0 Å². The first-order valence-electron chi connectivity index (χ1n) is 6.40. The average molecular weight is 251 g/mol. The number of piperidine rings is 1. The molecule has 0 unspecified atom stereocenters. The Morgan fingerprint density at radius 1 is 1.44 bits per heavy atom. The molecule has 18 heavy (non-hydrogen) atoms. The largest absolute Gasteiger partial charge is 0.478 e. The van der Waals surface area contributed by atoms with Crippen molar-refractivity contribution in [2.75, 3.05) is 18.0 Å². The van der Waals surface area contributed by atoms with Crippen LogP contribution in [-0.2, 0) is 0 Å². The van der Waals surface area contributed by atoms with Crippen LogP contribution in [0.1, 0.15) is 36.5 Å². The number of aromatic carboxylic acids is 1. The SMILES string of the molecule is CCC1CCN(c2c(F)cccc2C(=O)O)CC1. The summed E-state index contributed by atoms with van der Waals surface area (Å²) in [5, 5.41) is 9.13. The molecule has 2 rings (SSSR count). The van der Waals surface area contributed by atoms with Crippen molar-refractivity contribution in [2.45, 2.75) is 26.2 Å². The monoisotopic (exact) mass is 251 g/mol. The Morgan fingerprint density at radius 3 is 2.67 bits per heavy atom. The number of benzene rings is 1. The van der Waals surface area contributed by atoms with E-state index in [9.17, 15) is 9.18 Å². The molecule has 0 radical (unpaired) electrons. The number of rotatable bonds is 3. The molecule has 0 saturated carbocycles. The van der Waals surface area contributed by atoms with Gasteiger partial charge in [0.25, 0.3) is 0 Å². The van der Waals surface area contributed by atoms with E-state index in [4.69, 9.17) is 5.11 Å². The van der Waals surface area contributed by atoms with Crippen LogP contribution in [0.2, 0.25) is 0 Å². The number of para-hydroxylation sites is 1. The van der Waals surface area contributed by atoms with E-state index in [1.807, 2.05) is 4.90 Å². The number of anilines is 1. The Labute approximate surface area is 106 Å². The lowest BCUT2D eigenvalue weighted by Gasteiger charge is -2.34. The van der Waals surface area contributed by atoms with Gasteiger partial charge >= 0.3 is 5.97 Å². The van der Waals surface area contributed by atoms with E-state index < -0.39 is 11.8 Å². The maximum atomic E-state index is 13.9. The van der Waals surface area contributed by atoms with Crippen molar-refractivity contribution >= 4 is 11.7 Å². The molecule has 0 aliphatic carbocycles. The zero-order valence-electron chi connectivity index (χ0n) is 10.5. The minimum atomic E-state index is -1.07. The highest BCUT2D eigenvalue weighted by Gasteiger charge is 2.24. The summed E-state index contributed by atoms with van der Waals surface area (Å²) in [6.45, 7) is 3.63. The average Bonchev–Trinajstić information content (AvgIpc) is 2.38. The lowest BCUT2D eigenvalue weighted by atomic mass is 9.93. The smallest absolute Gasteiger partial charge is 0.337 e. The molecule has 1 aliphatic rings. The van der Waals surface area contributed by atoms with Crippen LogP contribution < -0.4 is 4.90 Å². The summed E-state index contributed by atoms with van der Waals surface area (Å²) in [5.74, 6) is -0.826. The fourth-order valence-electron chi connectivity index (χ4n) is 2.57. The minimum absolute atomic E-state index is 0.0601. The second-order valence-corrected chi connectivity index (χ2v) is 4.78. The molecule has 98 valence electrons. The molecule has 4 heteroatoms. The summed E-state index contributed by atoms with van der Waals surface area (Å²) in [6.07, 6.45) is 3.14. The highest BCUT2D eigenvalue weighted by Crippen LogP contribution is 2.29. The van der Waals surface area contributed by atoms with Gasteiger partial charge in [-0.3, -0.25) is 0 Å². The summed E-state index contributed by atoms with van der Waals surface area (Å²) >= 11 is 0. The number of halogens is 1. The molecular weight excluding hydrogens is 233 g/mol. The van der Waals surface area contributed by atoms with Crippen molar-refractivity contribution in [1.29, 1.82) is 0 Å². The Morgan fingerprint density at radius 2 is 2.11 bits per heavy atom. The molecule has 0 spiro atoms. The van der Waals surface area contributed by atoms with E-state index in [0.717, 1.165) is 32.4 Å². The highest BCUT2D eigenvalue weighted by molar-refractivity contribution is 5.94. The zero-order valence-corrected chi connectivity index (χ0v) is 10.5. The van der Waals surface area contributed by atoms with Gasteiger partial charge in [0, 0.05) is 13.1 Å². The van der Waals surface area contributed by atoms with Gasteiger partial charge in [0.1, 0.15) is 5.82 Å². The van der Waals surface area contributed by atoms with E-state index >= 15 is 0 Å². The van der Waals surface area contributed by atoms with Crippen LogP contribution in [0.25, 0.3) is 0 Å². The Hall–Kier alpha value is -1.58. The van der Waals surface area contributed by atoms with Crippen LogP contribution in [0.5, 0.6) is 0 Å². The first kappa shape index (κ1) is 12.9. The third-order valence-corrected chi connectivity index (χ3v) is 3.73. The molecule has 0 bridgehead atoms.